The Morgan fingerprint density at radius 2 is 2.17 bits per heavy atom. The second-order valence-corrected chi connectivity index (χ2v) is 3.89. The van der Waals surface area contributed by atoms with Crippen LogP contribution in [0.1, 0.15) is 17.4 Å². The lowest BCUT2D eigenvalue weighted by Crippen LogP contribution is -2.07. The van der Waals surface area contributed by atoms with Crippen molar-refractivity contribution in [1.82, 2.24) is 4.98 Å². The summed E-state index contributed by atoms with van der Waals surface area (Å²) in [5.74, 6) is 0.802. The molecule has 18 heavy (non-hydrogen) atoms. The van der Waals surface area contributed by atoms with Crippen LogP contribution in [0, 0.1) is 0 Å². The lowest BCUT2D eigenvalue weighted by atomic mass is 10.2. The van der Waals surface area contributed by atoms with Gasteiger partial charge in [0.25, 0.3) is 0 Å². The molecule has 2 heterocycles. The summed E-state index contributed by atoms with van der Waals surface area (Å²) in [4.78, 5) is 14.6. The number of fused-ring (bicyclic) bond motifs is 2. The Kier molecular flexibility index (Phi) is 2.29. The monoisotopic (exact) mass is 248 g/mol. The normalized spacial score (nSPS) is 12.9. The number of aromatic nitrogens is 1. The fourth-order valence-electron chi connectivity index (χ4n) is 1.97. The van der Waals surface area contributed by atoms with Gasteiger partial charge in [-0.15, -0.1) is 0 Å². The molecule has 0 atom stereocenters. The average molecular weight is 248 g/mol. The Morgan fingerprint density at radius 1 is 1.44 bits per heavy atom. The van der Waals surface area contributed by atoms with Gasteiger partial charge in [0, 0.05) is 11.5 Å². The number of nitrogens with two attached hydrogens (primary N) is 1. The number of hydrogen-bond acceptors (Lipinski definition) is 5. The molecule has 0 saturated carbocycles. The molecule has 1 aliphatic rings. The van der Waals surface area contributed by atoms with Gasteiger partial charge in [0.15, 0.2) is 11.5 Å². The second-order valence-electron chi connectivity index (χ2n) is 3.89. The molecule has 1 aliphatic heterocycles. The van der Waals surface area contributed by atoms with Gasteiger partial charge in [-0.05, 0) is 13.0 Å². The molecule has 0 spiro atoms. The standard InChI is InChI=1S/C12H12N2O4/c1-2-16-12(15)11-10(13)6-3-8-9(18-5-17-8)4-7(6)14-11/h3-4,14H,2,5,13H2,1H3. The van der Waals surface area contributed by atoms with Crippen molar-refractivity contribution in [2.75, 3.05) is 19.1 Å². The summed E-state index contributed by atoms with van der Waals surface area (Å²) < 4.78 is 15.5. The fourth-order valence-corrected chi connectivity index (χ4v) is 1.97. The van der Waals surface area contributed by atoms with Gasteiger partial charge in [0.05, 0.1) is 17.8 Å². The van der Waals surface area contributed by atoms with E-state index in [1.165, 1.54) is 0 Å². The number of benzene rings is 1. The third-order valence-corrected chi connectivity index (χ3v) is 2.81. The summed E-state index contributed by atoms with van der Waals surface area (Å²) in [6.45, 7) is 2.25. The van der Waals surface area contributed by atoms with Crippen molar-refractivity contribution in [2.24, 2.45) is 0 Å². The SMILES string of the molecule is CCOC(=O)c1[nH]c2cc3c(cc2c1N)OCO3. The number of hydrogen-bond donors (Lipinski definition) is 2. The van der Waals surface area contributed by atoms with Crippen LogP contribution in [0.3, 0.4) is 0 Å². The molecule has 6 heteroatoms. The first kappa shape index (κ1) is 10.8. The van der Waals surface area contributed by atoms with Crippen molar-refractivity contribution in [3.63, 3.8) is 0 Å². The summed E-state index contributed by atoms with van der Waals surface area (Å²) in [6.07, 6.45) is 0. The van der Waals surface area contributed by atoms with Gasteiger partial charge in [-0.25, -0.2) is 4.79 Å². The Labute approximate surface area is 103 Å². The first-order valence-corrected chi connectivity index (χ1v) is 5.58. The zero-order chi connectivity index (χ0) is 12.7. The number of carbonyl (C=O) groups is 1. The topological polar surface area (TPSA) is 86.6 Å². The lowest BCUT2D eigenvalue weighted by Gasteiger charge is -1.99. The van der Waals surface area contributed by atoms with E-state index >= 15 is 0 Å². The van der Waals surface area contributed by atoms with Crippen LogP contribution in [0.4, 0.5) is 5.69 Å². The Hall–Kier alpha value is -2.37. The molecular formula is C12H12N2O4. The van der Waals surface area contributed by atoms with E-state index < -0.39 is 5.97 Å². The summed E-state index contributed by atoms with van der Waals surface area (Å²) in [7, 11) is 0. The van der Waals surface area contributed by atoms with Gasteiger partial charge in [-0.1, -0.05) is 0 Å². The first-order chi connectivity index (χ1) is 8.70. The summed E-state index contributed by atoms with van der Waals surface area (Å²) in [6, 6.07) is 3.52. The number of aromatic amines is 1. The molecule has 1 aromatic heterocycles. The Bertz CT molecular complexity index is 633. The zero-order valence-electron chi connectivity index (χ0n) is 9.78. The molecule has 0 saturated heterocycles. The molecule has 0 amide bonds. The fraction of sp³-hybridized carbons (Fsp3) is 0.250. The van der Waals surface area contributed by atoms with E-state index in [-0.39, 0.29) is 12.5 Å². The maximum absolute atomic E-state index is 11.7. The molecule has 0 bridgehead atoms. The zero-order valence-corrected chi connectivity index (χ0v) is 9.78. The number of ether oxygens (including phenoxy) is 3. The van der Waals surface area contributed by atoms with E-state index in [4.69, 9.17) is 19.9 Å². The van der Waals surface area contributed by atoms with Gasteiger partial charge in [0.1, 0.15) is 5.69 Å². The minimum Gasteiger partial charge on any atom is -0.461 e. The molecule has 6 nitrogen and oxygen atoms in total. The van der Waals surface area contributed by atoms with Crippen molar-refractivity contribution in [2.45, 2.75) is 6.92 Å². The summed E-state index contributed by atoms with van der Waals surface area (Å²) in [5.41, 5.74) is 7.28. The van der Waals surface area contributed by atoms with Crippen LogP contribution >= 0.6 is 0 Å². The van der Waals surface area contributed by atoms with Crippen LogP contribution in [-0.4, -0.2) is 24.4 Å². The molecule has 0 unspecified atom stereocenters. The van der Waals surface area contributed by atoms with Gasteiger partial charge in [-0.3, -0.25) is 0 Å². The number of esters is 1. The molecule has 1 aromatic carbocycles. The smallest absolute Gasteiger partial charge is 0.356 e. The third kappa shape index (κ3) is 1.46. The Morgan fingerprint density at radius 3 is 2.89 bits per heavy atom. The maximum atomic E-state index is 11.7. The van der Waals surface area contributed by atoms with Crippen molar-refractivity contribution < 1.29 is 19.0 Å². The Balaban J connectivity index is 2.14. The van der Waals surface area contributed by atoms with E-state index in [9.17, 15) is 4.79 Å². The highest BCUT2D eigenvalue weighted by atomic mass is 16.7. The van der Waals surface area contributed by atoms with Gasteiger partial charge in [0.2, 0.25) is 6.79 Å². The minimum atomic E-state index is -0.465. The number of anilines is 1. The van der Waals surface area contributed by atoms with Crippen LogP contribution in [0.15, 0.2) is 12.1 Å². The molecule has 0 fully saturated rings. The molecular weight excluding hydrogens is 236 g/mol. The summed E-state index contributed by atoms with van der Waals surface area (Å²) >= 11 is 0. The highest BCUT2D eigenvalue weighted by molar-refractivity contribution is 6.06. The van der Waals surface area contributed by atoms with E-state index in [1.807, 2.05) is 0 Å². The van der Waals surface area contributed by atoms with E-state index in [2.05, 4.69) is 4.98 Å². The highest BCUT2D eigenvalue weighted by Crippen LogP contribution is 2.38. The van der Waals surface area contributed by atoms with Gasteiger partial charge < -0.3 is 24.9 Å². The maximum Gasteiger partial charge on any atom is 0.356 e. The highest BCUT2D eigenvalue weighted by Gasteiger charge is 2.21. The number of nitrogen functional groups attached to an aromatic ring is 1. The lowest BCUT2D eigenvalue weighted by molar-refractivity contribution is 0.0522. The average Bonchev–Trinajstić information content (AvgIpc) is 2.92. The van der Waals surface area contributed by atoms with Crippen molar-refractivity contribution in [1.29, 1.82) is 0 Å². The molecule has 3 rings (SSSR count). The molecule has 3 N–H and O–H groups in total. The predicted octanol–water partition coefficient (Wildman–Crippen LogP) is 1.66. The van der Waals surface area contributed by atoms with Crippen LogP contribution in [0.5, 0.6) is 11.5 Å². The number of rotatable bonds is 2. The molecule has 2 aromatic rings. The minimum absolute atomic E-state index is 0.201. The van der Waals surface area contributed by atoms with Gasteiger partial charge >= 0.3 is 5.97 Å². The number of carbonyl (C=O) groups excluding carboxylic acids is 1. The molecule has 0 radical (unpaired) electrons. The van der Waals surface area contributed by atoms with Gasteiger partial charge in [-0.2, -0.15) is 0 Å². The number of nitrogens with one attached hydrogen (secondary N) is 1. The molecule has 0 aliphatic carbocycles. The van der Waals surface area contributed by atoms with Crippen LogP contribution in [0.2, 0.25) is 0 Å². The van der Waals surface area contributed by atoms with Crippen molar-refractivity contribution in [3.05, 3.63) is 17.8 Å². The quantitative estimate of drug-likeness (QED) is 0.789. The predicted molar refractivity (Wildman–Crippen MR) is 64.8 cm³/mol. The van der Waals surface area contributed by atoms with Crippen LogP contribution in [0.25, 0.3) is 10.9 Å². The van der Waals surface area contributed by atoms with Crippen LogP contribution < -0.4 is 15.2 Å². The van der Waals surface area contributed by atoms with Crippen molar-refractivity contribution in [3.8, 4) is 11.5 Å². The van der Waals surface area contributed by atoms with E-state index in [1.54, 1.807) is 19.1 Å². The largest absolute Gasteiger partial charge is 0.461 e. The van der Waals surface area contributed by atoms with E-state index in [0.29, 0.717) is 23.8 Å². The van der Waals surface area contributed by atoms with E-state index in [0.717, 1.165) is 10.9 Å². The third-order valence-electron chi connectivity index (χ3n) is 2.81. The first-order valence-electron chi connectivity index (χ1n) is 5.58. The van der Waals surface area contributed by atoms with Crippen LogP contribution in [-0.2, 0) is 4.74 Å². The van der Waals surface area contributed by atoms with Crippen molar-refractivity contribution >= 4 is 22.6 Å². The number of H-pyrrole nitrogens is 1. The second kappa shape index (κ2) is 3.83. The molecule has 94 valence electrons. The summed E-state index contributed by atoms with van der Waals surface area (Å²) in [5, 5.41) is 0.724.